The molecule has 3 N–H and O–H groups in total. The van der Waals surface area contributed by atoms with Crippen LogP contribution in [0.25, 0.3) is 0 Å². The second-order valence-electron chi connectivity index (χ2n) is 6.91. The number of rotatable bonds is 9. The van der Waals surface area contributed by atoms with Crippen molar-refractivity contribution >= 4 is 17.8 Å². The molecule has 6 nitrogen and oxygen atoms in total. The number of carbonyl (C=O) groups is 3. The summed E-state index contributed by atoms with van der Waals surface area (Å²) in [6.07, 6.45) is 0.268. The van der Waals surface area contributed by atoms with E-state index >= 15 is 0 Å². The molecule has 0 aliphatic heterocycles. The molecule has 154 valence electrons. The second kappa shape index (κ2) is 10.4. The number of nitrogens with one attached hydrogen (secondary N) is 2. The van der Waals surface area contributed by atoms with Gasteiger partial charge in [0.15, 0.2) is 0 Å². The highest BCUT2D eigenvalue weighted by Crippen LogP contribution is 2.19. The van der Waals surface area contributed by atoms with E-state index in [0.717, 1.165) is 0 Å². The molecule has 3 atom stereocenters. The van der Waals surface area contributed by atoms with E-state index in [-0.39, 0.29) is 18.2 Å². The molecule has 29 heavy (non-hydrogen) atoms. The van der Waals surface area contributed by atoms with Gasteiger partial charge in [-0.1, -0.05) is 50.6 Å². The number of carbonyl (C=O) groups excluding carboxylic acids is 2. The van der Waals surface area contributed by atoms with Gasteiger partial charge in [0.1, 0.15) is 11.9 Å². The van der Waals surface area contributed by atoms with Gasteiger partial charge in [-0.15, -0.1) is 0 Å². The van der Waals surface area contributed by atoms with Gasteiger partial charge in [-0.25, -0.2) is 4.39 Å². The van der Waals surface area contributed by atoms with Crippen LogP contribution in [0.5, 0.6) is 0 Å². The molecular formula is C22H25FN2O4. The summed E-state index contributed by atoms with van der Waals surface area (Å²) < 4.78 is 13.2. The molecule has 0 aliphatic rings. The third-order valence-electron chi connectivity index (χ3n) is 4.79. The summed E-state index contributed by atoms with van der Waals surface area (Å²) in [7, 11) is 0. The van der Waals surface area contributed by atoms with E-state index < -0.39 is 29.8 Å². The van der Waals surface area contributed by atoms with Crippen molar-refractivity contribution in [3.8, 4) is 0 Å². The van der Waals surface area contributed by atoms with Gasteiger partial charge in [0, 0.05) is 5.56 Å². The van der Waals surface area contributed by atoms with Gasteiger partial charge in [0.05, 0.1) is 12.5 Å². The molecule has 0 saturated carbocycles. The Hall–Kier alpha value is -3.22. The van der Waals surface area contributed by atoms with Gasteiger partial charge in [0.25, 0.3) is 5.91 Å². The van der Waals surface area contributed by atoms with Crippen LogP contribution in [0.2, 0.25) is 0 Å². The molecule has 1 unspecified atom stereocenters. The lowest BCUT2D eigenvalue weighted by Gasteiger charge is -2.26. The Balaban J connectivity index is 2.20. The van der Waals surface area contributed by atoms with E-state index in [0.29, 0.717) is 17.5 Å². The van der Waals surface area contributed by atoms with Crippen molar-refractivity contribution in [3.05, 3.63) is 71.5 Å². The largest absolute Gasteiger partial charge is 0.481 e. The zero-order valence-electron chi connectivity index (χ0n) is 16.4. The highest BCUT2D eigenvalue weighted by Gasteiger charge is 2.29. The molecule has 0 aromatic heterocycles. The second-order valence-corrected chi connectivity index (χ2v) is 6.91. The molecule has 0 bridgehead atoms. The van der Waals surface area contributed by atoms with Gasteiger partial charge in [-0.2, -0.15) is 0 Å². The first kappa shape index (κ1) is 22.1. The highest BCUT2D eigenvalue weighted by molar-refractivity contribution is 5.97. The molecule has 7 heteroatoms. The summed E-state index contributed by atoms with van der Waals surface area (Å²) in [6.45, 7) is 3.73. The average molecular weight is 400 g/mol. The smallest absolute Gasteiger partial charge is 0.305 e. The fourth-order valence-corrected chi connectivity index (χ4v) is 2.90. The first-order valence-corrected chi connectivity index (χ1v) is 9.45. The lowest BCUT2D eigenvalue weighted by atomic mass is 9.96. The lowest BCUT2D eigenvalue weighted by Crippen LogP contribution is -2.51. The Kier molecular flexibility index (Phi) is 7.88. The van der Waals surface area contributed by atoms with Crippen LogP contribution >= 0.6 is 0 Å². The molecule has 0 radical (unpaired) electrons. The first-order valence-electron chi connectivity index (χ1n) is 9.45. The zero-order chi connectivity index (χ0) is 21.4. The molecule has 0 spiro atoms. The highest BCUT2D eigenvalue weighted by atomic mass is 19.1. The Bertz CT molecular complexity index is 840. The fraction of sp³-hybridized carbons (Fsp3) is 0.318. The summed E-state index contributed by atoms with van der Waals surface area (Å²) in [5, 5.41) is 14.6. The van der Waals surface area contributed by atoms with Crippen LogP contribution in [0.3, 0.4) is 0 Å². The molecule has 0 heterocycles. The topological polar surface area (TPSA) is 95.5 Å². The minimum atomic E-state index is -1.10. The van der Waals surface area contributed by atoms with Crippen molar-refractivity contribution in [2.24, 2.45) is 5.92 Å². The maximum Gasteiger partial charge on any atom is 0.305 e. The maximum absolute atomic E-state index is 13.2. The van der Waals surface area contributed by atoms with Crippen LogP contribution in [0.4, 0.5) is 4.39 Å². The monoisotopic (exact) mass is 400 g/mol. The van der Waals surface area contributed by atoms with Crippen LogP contribution in [0.15, 0.2) is 54.6 Å². The predicted molar refractivity (Wildman–Crippen MR) is 107 cm³/mol. The van der Waals surface area contributed by atoms with E-state index in [9.17, 15) is 23.9 Å². The number of amides is 2. The summed E-state index contributed by atoms with van der Waals surface area (Å²) >= 11 is 0. The third-order valence-corrected chi connectivity index (χ3v) is 4.79. The summed E-state index contributed by atoms with van der Waals surface area (Å²) in [4.78, 5) is 36.7. The Morgan fingerprint density at radius 3 is 2.17 bits per heavy atom. The van der Waals surface area contributed by atoms with Gasteiger partial charge < -0.3 is 15.7 Å². The predicted octanol–water partition coefficient (Wildman–Crippen LogP) is 3.30. The van der Waals surface area contributed by atoms with Crippen LogP contribution in [-0.2, 0) is 9.59 Å². The van der Waals surface area contributed by atoms with Crippen molar-refractivity contribution in [3.63, 3.8) is 0 Å². The van der Waals surface area contributed by atoms with Crippen molar-refractivity contribution in [1.29, 1.82) is 0 Å². The van der Waals surface area contributed by atoms with Crippen LogP contribution in [0.1, 0.15) is 48.7 Å². The van der Waals surface area contributed by atoms with E-state index in [1.165, 1.54) is 24.3 Å². The normalized spacial score (nSPS) is 13.8. The standard InChI is InChI=1S/C22H25FN2O4/c1-3-14(2)20(25-21(28)16-7-5-4-6-8-16)22(29)24-18(13-19(26)27)15-9-11-17(23)12-10-15/h4-12,14,18,20H,3,13H2,1-2H3,(H,24,29)(H,25,28)(H,26,27)/t14-,18?,20-/m0/s1. The molecule has 2 aromatic carbocycles. The number of halogens is 1. The lowest BCUT2D eigenvalue weighted by molar-refractivity contribution is -0.137. The van der Waals surface area contributed by atoms with E-state index in [4.69, 9.17) is 0 Å². The molecule has 2 aromatic rings. The quantitative estimate of drug-likeness (QED) is 0.602. The van der Waals surface area contributed by atoms with Gasteiger partial charge in [0.2, 0.25) is 5.91 Å². The van der Waals surface area contributed by atoms with Crippen LogP contribution in [-0.4, -0.2) is 28.9 Å². The minimum Gasteiger partial charge on any atom is -0.481 e. The molecule has 2 rings (SSSR count). The number of carboxylic acids is 1. The molecule has 0 saturated heterocycles. The van der Waals surface area contributed by atoms with Gasteiger partial charge in [-0.05, 0) is 35.7 Å². The minimum absolute atomic E-state index is 0.179. The number of aliphatic carboxylic acids is 1. The van der Waals surface area contributed by atoms with Crippen molar-refractivity contribution in [1.82, 2.24) is 10.6 Å². The molecule has 0 fully saturated rings. The number of benzene rings is 2. The van der Waals surface area contributed by atoms with E-state index in [2.05, 4.69) is 10.6 Å². The Labute approximate surface area is 169 Å². The maximum atomic E-state index is 13.2. The first-order chi connectivity index (χ1) is 13.8. The fourth-order valence-electron chi connectivity index (χ4n) is 2.90. The third kappa shape index (κ3) is 6.41. The number of carboxylic acid groups (broad SMARTS) is 1. The van der Waals surface area contributed by atoms with Crippen molar-refractivity contribution in [2.75, 3.05) is 0 Å². The Morgan fingerprint density at radius 2 is 1.62 bits per heavy atom. The average Bonchev–Trinajstić information content (AvgIpc) is 2.71. The van der Waals surface area contributed by atoms with Gasteiger partial charge in [-0.3, -0.25) is 14.4 Å². The van der Waals surface area contributed by atoms with Gasteiger partial charge >= 0.3 is 5.97 Å². The van der Waals surface area contributed by atoms with Crippen LogP contribution < -0.4 is 10.6 Å². The van der Waals surface area contributed by atoms with Crippen LogP contribution in [0, 0.1) is 11.7 Å². The summed E-state index contributed by atoms with van der Waals surface area (Å²) in [6, 6.07) is 12.1. The Morgan fingerprint density at radius 1 is 1.00 bits per heavy atom. The summed E-state index contributed by atoms with van der Waals surface area (Å²) in [5.74, 6) is -2.61. The molecule has 0 aliphatic carbocycles. The van der Waals surface area contributed by atoms with E-state index in [1.807, 2.05) is 13.8 Å². The number of hydrogen-bond acceptors (Lipinski definition) is 3. The number of hydrogen-bond donors (Lipinski definition) is 3. The van der Waals surface area contributed by atoms with E-state index in [1.54, 1.807) is 30.3 Å². The SMILES string of the molecule is CC[C@H](C)[C@H](NC(=O)c1ccccc1)C(=O)NC(CC(=O)O)c1ccc(F)cc1. The zero-order valence-corrected chi connectivity index (χ0v) is 16.4. The van der Waals surface area contributed by atoms with Crippen molar-refractivity contribution in [2.45, 2.75) is 38.8 Å². The van der Waals surface area contributed by atoms with Crippen molar-refractivity contribution < 1.29 is 23.9 Å². The molecular weight excluding hydrogens is 375 g/mol. The summed E-state index contributed by atoms with van der Waals surface area (Å²) in [5.41, 5.74) is 0.897. The molecule has 2 amide bonds.